The van der Waals surface area contributed by atoms with Crippen molar-refractivity contribution in [1.29, 1.82) is 0 Å². The molecule has 8 heteroatoms. The third-order valence-corrected chi connectivity index (χ3v) is 5.89. The van der Waals surface area contributed by atoms with Gasteiger partial charge in [-0.1, -0.05) is 29.8 Å². The van der Waals surface area contributed by atoms with Gasteiger partial charge >= 0.3 is 5.97 Å². The summed E-state index contributed by atoms with van der Waals surface area (Å²) in [5.74, 6) is 0.0449. The van der Waals surface area contributed by atoms with Gasteiger partial charge in [-0.3, -0.25) is 4.79 Å². The van der Waals surface area contributed by atoms with Crippen LogP contribution in [0.15, 0.2) is 48.5 Å². The lowest BCUT2D eigenvalue weighted by atomic mass is 10.1. The Kier molecular flexibility index (Phi) is 6.46. The molecule has 1 saturated heterocycles. The summed E-state index contributed by atoms with van der Waals surface area (Å²) in [4.78, 5) is 36.5. The number of imidazole rings is 1. The van der Waals surface area contributed by atoms with Crippen molar-refractivity contribution in [2.75, 3.05) is 37.7 Å². The van der Waals surface area contributed by atoms with E-state index < -0.39 is 5.97 Å². The molecular weight excluding hydrogens is 428 g/mol. The van der Waals surface area contributed by atoms with Crippen LogP contribution in [-0.2, 0) is 9.53 Å². The molecule has 0 spiro atoms. The highest BCUT2D eigenvalue weighted by molar-refractivity contribution is 6.30. The average Bonchev–Trinajstić information content (AvgIpc) is 3.15. The number of rotatable bonds is 5. The van der Waals surface area contributed by atoms with Crippen LogP contribution in [0.1, 0.15) is 21.7 Å². The average molecular weight is 453 g/mol. The van der Waals surface area contributed by atoms with Crippen molar-refractivity contribution in [3.63, 3.8) is 0 Å². The number of hydrogen-bond acceptors (Lipinski definition) is 5. The van der Waals surface area contributed by atoms with Gasteiger partial charge in [0, 0.05) is 48.1 Å². The maximum Gasteiger partial charge on any atom is 0.338 e. The number of carbonyl (C=O) groups excluding carboxylic acids is 2. The lowest BCUT2D eigenvalue weighted by Crippen LogP contribution is -2.49. The molecule has 0 saturated carbocycles. The lowest BCUT2D eigenvalue weighted by molar-refractivity contribution is -0.134. The first-order valence-corrected chi connectivity index (χ1v) is 10.9. The number of H-pyrrole nitrogens is 1. The van der Waals surface area contributed by atoms with Crippen LogP contribution in [0.5, 0.6) is 0 Å². The van der Waals surface area contributed by atoms with Gasteiger partial charge in [-0.15, -0.1) is 0 Å². The van der Waals surface area contributed by atoms with E-state index in [1.54, 1.807) is 17.0 Å². The SMILES string of the molecule is Cc1nc(-c2ccc(C(=O)OCC(=O)N3CCN(c4cccc(Cl)c4)CC3)cc2)[nH]c1C. The second-order valence-electron chi connectivity index (χ2n) is 7.80. The van der Waals surface area contributed by atoms with Gasteiger partial charge in [-0.2, -0.15) is 0 Å². The predicted molar refractivity (Wildman–Crippen MR) is 124 cm³/mol. The third kappa shape index (κ3) is 4.94. The molecule has 0 aliphatic carbocycles. The lowest BCUT2D eigenvalue weighted by Gasteiger charge is -2.36. The Hall–Kier alpha value is -3.32. The normalized spacial score (nSPS) is 13.8. The summed E-state index contributed by atoms with van der Waals surface area (Å²) in [5, 5.41) is 0.690. The van der Waals surface area contributed by atoms with E-state index >= 15 is 0 Å². The third-order valence-electron chi connectivity index (χ3n) is 5.65. The smallest absolute Gasteiger partial charge is 0.338 e. The number of aromatic nitrogens is 2. The fourth-order valence-corrected chi connectivity index (χ4v) is 3.82. The van der Waals surface area contributed by atoms with Crippen molar-refractivity contribution < 1.29 is 14.3 Å². The Morgan fingerprint density at radius 1 is 1.06 bits per heavy atom. The highest BCUT2D eigenvalue weighted by Gasteiger charge is 2.22. The fraction of sp³-hybridized carbons (Fsp3) is 0.292. The zero-order chi connectivity index (χ0) is 22.7. The fourth-order valence-electron chi connectivity index (χ4n) is 3.64. The molecule has 166 valence electrons. The summed E-state index contributed by atoms with van der Waals surface area (Å²) >= 11 is 6.07. The van der Waals surface area contributed by atoms with Crippen molar-refractivity contribution in [3.8, 4) is 11.4 Å². The van der Waals surface area contributed by atoms with Gasteiger partial charge in [-0.25, -0.2) is 9.78 Å². The van der Waals surface area contributed by atoms with Crippen LogP contribution in [0, 0.1) is 13.8 Å². The van der Waals surface area contributed by atoms with Crippen molar-refractivity contribution in [2.45, 2.75) is 13.8 Å². The second kappa shape index (κ2) is 9.44. The molecule has 1 aliphatic heterocycles. The van der Waals surface area contributed by atoms with Crippen LogP contribution in [-0.4, -0.2) is 59.5 Å². The molecule has 1 fully saturated rings. The topological polar surface area (TPSA) is 78.5 Å². The van der Waals surface area contributed by atoms with Crippen LogP contribution < -0.4 is 4.90 Å². The van der Waals surface area contributed by atoms with E-state index in [1.807, 2.05) is 50.2 Å². The van der Waals surface area contributed by atoms with E-state index in [1.165, 1.54) is 0 Å². The molecule has 3 aromatic rings. The quantitative estimate of drug-likeness (QED) is 0.595. The van der Waals surface area contributed by atoms with Gasteiger partial charge in [-0.05, 0) is 44.2 Å². The second-order valence-corrected chi connectivity index (χ2v) is 8.23. The molecule has 1 N–H and O–H groups in total. The number of piperazine rings is 1. The van der Waals surface area contributed by atoms with Crippen LogP contribution >= 0.6 is 11.6 Å². The van der Waals surface area contributed by atoms with E-state index in [-0.39, 0.29) is 12.5 Å². The molecule has 0 radical (unpaired) electrons. The number of ether oxygens (including phenoxy) is 1. The number of halogens is 1. The van der Waals surface area contributed by atoms with Gasteiger partial charge in [0.05, 0.1) is 11.3 Å². The number of benzene rings is 2. The molecular formula is C24H25ClN4O3. The molecule has 32 heavy (non-hydrogen) atoms. The Bertz CT molecular complexity index is 1100. The van der Waals surface area contributed by atoms with E-state index in [2.05, 4.69) is 14.9 Å². The first kappa shape index (κ1) is 21.9. The van der Waals surface area contributed by atoms with Crippen molar-refractivity contribution in [2.24, 2.45) is 0 Å². The summed E-state index contributed by atoms with van der Waals surface area (Å²) < 4.78 is 5.25. The Morgan fingerprint density at radius 3 is 2.41 bits per heavy atom. The maximum atomic E-state index is 12.5. The monoisotopic (exact) mass is 452 g/mol. The standard InChI is InChI=1S/C24H25ClN4O3/c1-16-17(2)27-23(26-16)18-6-8-19(9-7-18)24(31)32-15-22(30)29-12-10-28(11-13-29)21-5-3-4-20(25)14-21/h3-9,14H,10-13,15H2,1-2H3,(H,26,27). The van der Waals surface area contributed by atoms with Gasteiger partial charge in [0.2, 0.25) is 0 Å². The highest BCUT2D eigenvalue weighted by atomic mass is 35.5. The minimum Gasteiger partial charge on any atom is -0.452 e. The first-order valence-electron chi connectivity index (χ1n) is 10.5. The summed E-state index contributed by atoms with van der Waals surface area (Å²) in [6.45, 7) is 6.18. The van der Waals surface area contributed by atoms with E-state index in [0.717, 1.165) is 28.5 Å². The van der Waals surface area contributed by atoms with Gasteiger partial charge in [0.25, 0.3) is 5.91 Å². The minimum absolute atomic E-state index is 0.192. The summed E-state index contributed by atoms with van der Waals surface area (Å²) in [5.41, 5.74) is 4.27. The molecule has 2 heterocycles. The van der Waals surface area contributed by atoms with E-state index in [9.17, 15) is 9.59 Å². The van der Waals surface area contributed by atoms with Gasteiger partial charge in [0.1, 0.15) is 5.82 Å². The Morgan fingerprint density at radius 2 is 1.78 bits per heavy atom. The number of aromatic amines is 1. The zero-order valence-corrected chi connectivity index (χ0v) is 18.9. The van der Waals surface area contributed by atoms with Gasteiger partial charge < -0.3 is 19.5 Å². The van der Waals surface area contributed by atoms with Crippen molar-refractivity contribution >= 4 is 29.2 Å². The molecule has 7 nitrogen and oxygen atoms in total. The van der Waals surface area contributed by atoms with Crippen LogP contribution in [0.2, 0.25) is 5.02 Å². The number of carbonyl (C=O) groups is 2. The maximum absolute atomic E-state index is 12.5. The molecule has 1 aliphatic rings. The molecule has 0 bridgehead atoms. The Labute approximate surface area is 192 Å². The number of esters is 1. The number of aryl methyl sites for hydroxylation is 2. The molecule has 1 amide bonds. The zero-order valence-electron chi connectivity index (χ0n) is 18.1. The Balaban J connectivity index is 1.27. The molecule has 0 atom stereocenters. The molecule has 0 unspecified atom stereocenters. The van der Waals surface area contributed by atoms with E-state index in [4.69, 9.17) is 16.3 Å². The summed E-state index contributed by atoms with van der Waals surface area (Å²) in [6, 6.07) is 14.7. The van der Waals surface area contributed by atoms with Crippen molar-refractivity contribution in [1.82, 2.24) is 14.9 Å². The summed E-state index contributed by atoms with van der Waals surface area (Å²) in [6.07, 6.45) is 0. The first-order chi connectivity index (χ1) is 15.4. The number of hydrogen-bond donors (Lipinski definition) is 1. The summed E-state index contributed by atoms with van der Waals surface area (Å²) in [7, 11) is 0. The van der Waals surface area contributed by atoms with Crippen LogP contribution in [0.3, 0.4) is 0 Å². The predicted octanol–water partition coefficient (Wildman–Crippen LogP) is 3.85. The van der Waals surface area contributed by atoms with Crippen LogP contribution in [0.4, 0.5) is 5.69 Å². The number of nitrogens with zero attached hydrogens (tertiary/aromatic N) is 3. The van der Waals surface area contributed by atoms with Crippen molar-refractivity contribution in [3.05, 3.63) is 70.5 Å². The molecule has 4 rings (SSSR count). The number of anilines is 1. The number of nitrogens with one attached hydrogen (secondary N) is 1. The van der Waals surface area contributed by atoms with E-state index in [0.29, 0.717) is 36.8 Å². The molecule has 1 aromatic heterocycles. The van der Waals surface area contributed by atoms with Gasteiger partial charge in [0.15, 0.2) is 6.61 Å². The largest absolute Gasteiger partial charge is 0.452 e. The molecule has 2 aromatic carbocycles. The minimum atomic E-state index is -0.519. The number of amides is 1. The highest BCUT2D eigenvalue weighted by Crippen LogP contribution is 2.21. The van der Waals surface area contributed by atoms with Crippen LogP contribution in [0.25, 0.3) is 11.4 Å².